The Morgan fingerprint density at radius 2 is 1.77 bits per heavy atom. The molecule has 4 N–H and O–H groups in total. The molecule has 0 radical (unpaired) electrons. The van der Waals surface area contributed by atoms with Crippen LogP contribution in [0, 0.1) is 0 Å². The average Bonchev–Trinajstić information content (AvgIpc) is 3.64. The van der Waals surface area contributed by atoms with Crippen LogP contribution in [0.15, 0.2) is 73.2 Å². The lowest BCUT2D eigenvalue weighted by atomic mass is 10.1. The molecule has 1 aromatic heterocycles. The maximum atomic E-state index is 13.8. The number of rotatable bonds is 7. The average molecular weight is 602 g/mol. The Hall–Kier alpha value is -5.10. The number of anilines is 5. The predicted octanol–water partition coefficient (Wildman–Crippen LogP) is 6.06. The number of hydrogen-bond donors (Lipinski definition) is 4. The van der Waals surface area contributed by atoms with E-state index >= 15 is 0 Å². The second-order valence-corrected chi connectivity index (χ2v) is 10.6. The summed E-state index contributed by atoms with van der Waals surface area (Å²) < 4.78 is 41.4. The van der Waals surface area contributed by atoms with E-state index in [9.17, 15) is 22.8 Å². The zero-order chi connectivity index (χ0) is 30.8. The summed E-state index contributed by atoms with van der Waals surface area (Å²) in [7, 11) is 0. The van der Waals surface area contributed by atoms with Gasteiger partial charge < -0.3 is 30.7 Å². The Morgan fingerprint density at radius 1 is 1.00 bits per heavy atom. The fourth-order valence-electron chi connectivity index (χ4n) is 5.37. The molecule has 2 aliphatic heterocycles. The van der Waals surface area contributed by atoms with Crippen LogP contribution in [0.2, 0.25) is 0 Å². The van der Waals surface area contributed by atoms with Crippen LogP contribution in [0.1, 0.15) is 34.1 Å². The zero-order valence-electron chi connectivity index (χ0n) is 23.8. The van der Waals surface area contributed by atoms with Crippen molar-refractivity contribution < 1.29 is 22.8 Å². The van der Waals surface area contributed by atoms with Crippen molar-refractivity contribution in [1.82, 2.24) is 14.9 Å². The summed E-state index contributed by atoms with van der Waals surface area (Å²) in [4.78, 5) is 36.8. The van der Waals surface area contributed by atoms with Gasteiger partial charge in [0, 0.05) is 60.1 Å². The quantitative estimate of drug-likeness (QED) is 0.192. The van der Waals surface area contributed by atoms with E-state index in [0.717, 1.165) is 37.3 Å². The van der Waals surface area contributed by atoms with Crippen molar-refractivity contribution >= 4 is 51.9 Å². The molecule has 4 aromatic rings. The van der Waals surface area contributed by atoms with E-state index < -0.39 is 17.6 Å². The number of carbonyl (C=O) groups excluding carboxylic acids is 2. The van der Waals surface area contributed by atoms with Crippen LogP contribution in [0.5, 0.6) is 0 Å². The van der Waals surface area contributed by atoms with Crippen LogP contribution in [0.25, 0.3) is 11.6 Å². The second kappa shape index (κ2) is 11.9. The molecule has 0 atom stereocenters. The molecule has 9 nitrogen and oxygen atoms in total. The molecule has 2 amide bonds. The van der Waals surface area contributed by atoms with Crippen LogP contribution in [0.4, 0.5) is 41.6 Å². The zero-order valence-corrected chi connectivity index (χ0v) is 23.8. The van der Waals surface area contributed by atoms with Gasteiger partial charge in [0.1, 0.15) is 0 Å². The summed E-state index contributed by atoms with van der Waals surface area (Å²) in [6.45, 7) is 5.58. The topological polar surface area (TPSA) is 105 Å². The highest BCUT2D eigenvalue weighted by Crippen LogP contribution is 2.36. The number of amides is 2. The highest BCUT2D eigenvalue weighted by Gasteiger charge is 2.33. The summed E-state index contributed by atoms with van der Waals surface area (Å²) >= 11 is 0. The maximum absolute atomic E-state index is 13.8. The minimum Gasteiger partial charge on any atom is -0.369 e. The maximum Gasteiger partial charge on any atom is 0.416 e. The van der Waals surface area contributed by atoms with Gasteiger partial charge in [0.2, 0.25) is 0 Å². The highest BCUT2D eigenvalue weighted by molar-refractivity contribution is 6.35. The Balaban J connectivity index is 1.18. The van der Waals surface area contributed by atoms with Crippen LogP contribution in [0.3, 0.4) is 0 Å². The van der Waals surface area contributed by atoms with Gasteiger partial charge in [-0.15, -0.1) is 0 Å². The molecule has 0 spiro atoms. The van der Waals surface area contributed by atoms with Crippen LogP contribution in [-0.4, -0.2) is 59.4 Å². The monoisotopic (exact) mass is 601 g/mol. The van der Waals surface area contributed by atoms with Gasteiger partial charge in [-0.2, -0.15) is 13.2 Å². The highest BCUT2D eigenvalue weighted by atomic mass is 19.4. The van der Waals surface area contributed by atoms with Gasteiger partial charge in [0.15, 0.2) is 0 Å². The fraction of sp³-hybridized carbons (Fsp3) is 0.219. The molecule has 0 aliphatic carbocycles. The van der Waals surface area contributed by atoms with Crippen molar-refractivity contribution in [1.29, 1.82) is 0 Å². The Kier molecular flexibility index (Phi) is 7.83. The lowest BCUT2D eigenvalue weighted by Gasteiger charge is -2.36. The van der Waals surface area contributed by atoms with Crippen LogP contribution in [-0.2, 0) is 11.0 Å². The van der Waals surface area contributed by atoms with Gasteiger partial charge in [-0.1, -0.05) is 19.1 Å². The molecule has 0 bridgehead atoms. The van der Waals surface area contributed by atoms with Gasteiger partial charge in [-0.3, -0.25) is 9.59 Å². The lowest BCUT2D eigenvalue weighted by Crippen LogP contribution is -2.46. The van der Waals surface area contributed by atoms with E-state index in [4.69, 9.17) is 0 Å². The molecular formula is C32H30F3N7O2. The number of carbonyl (C=O) groups is 2. The van der Waals surface area contributed by atoms with Crippen molar-refractivity contribution in [3.05, 3.63) is 95.6 Å². The van der Waals surface area contributed by atoms with E-state index in [0.29, 0.717) is 52.8 Å². The summed E-state index contributed by atoms with van der Waals surface area (Å²) in [5, 5.41) is 8.86. The first-order valence-electron chi connectivity index (χ1n) is 14.2. The number of aromatic amines is 1. The number of aromatic nitrogens is 2. The van der Waals surface area contributed by atoms with Gasteiger partial charge in [0.25, 0.3) is 11.8 Å². The molecule has 44 heavy (non-hydrogen) atoms. The largest absolute Gasteiger partial charge is 0.416 e. The molecule has 0 unspecified atom stereocenters. The third-order valence-electron chi connectivity index (χ3n) is 7.72. The van der Waals surface area contributed by atoms with E-state index in [1.165, 1.54) is 12.4 Å². The number of H-pyrrole nitrogens is 1. The number of benzene rings is 3. The number of hydrogen-bond acceptors (Lipinski definition) is 6. The van der Waals surface area contributed by atoms with Crippen molar-refractivity contribution in [2.24, 2.45) is 0 Å². The van der Waals surface area contributed by atoms with E-state index in [1.54, 1.807) is 42.6 Å². The first-order chi connectivity index (χ1) is 21.2. The Morgan fingerprint density at radius 3 is 2.50 bits per heavy atom. The number of likely N-dealkylation sites (N-methyl/N-ethyl adjacent to an activating group) is 1. The molecule has 12 heteroatoms. The van der Waals surface area contributed by atoms with E-state index in [-0.39, 0.29) is 11.5 Å². The second-order valence-electron chi connectivity index (χ2n) is 10.6. The Bertz CT molecular complexity index is 1730. The van der Waals surface area contributed by atoms with Gasteiger partial charge in [-0.25, -0.2) is 4.98 Å². The molecule has 226 valence electrons. The summed E-state index contributed by atoms with van der Waals surface area (Å²) in [6, 6.07) is 15.8. The number of piperazine rings is 1. The lowest BCUT2D eigenvalue weighted by molar-refractivity contribution is -0.137. The standard InChI is InChI=1S/C32H30F3N7O2/c1-2-41-8-10-42(11-9-41)26-13-20(12-21(14-26)32(33,34)35)30(43)39-23-5-3-4-22(15-23)38-24-6-7-27-28(16-25-18-36-19-37-25)31(44)40-29(27)17-24/h3-7,12-19,38H,2,8-11H2,1H3,(H,36,37)(H,39,43)(H,40,44)/b28-16-. The smallest absolute Gasteiger partial charge is 0.369 e. The van der Waals surface area contributed by atoms with Gasteiger partial charge >= 0.3 is 6.18 Å². The first kappa shape index (κ1) is 29.0. The van der Waals surface area contributed by atoms with E-state index in [1.807, 2.05) is 17.0 Å². The SMILES string of the molecule is CCN1CCN(c2cc(C(=O)Nc3cccc(Nc4ccc5c(c4)NC(=O)/C5=C\c4cnc[nH]4)c3)cc(C(F)(F)F)c2)CC1. The minimum atomic E-state index is -4.59. The molecule has 6 rings (SSSR count). The number of halogens is 3. The molecule has 2 aliphatic rings. The van der Waals surface area contributed by atoms with Gasteiger partial charge in [0.05, 0.1) is 35.0 Å². The van der Waals surface area contributed by atoms with E-state index in [2.05, 4.69) is 37.7 Å². The van der Waals surface area contributed by atoms with Crippen LogP contribution < -0.4 is 20.9 Å². The molecule has 0 saturated carbocycles. The number of alkyl halides is 3. The molecular weight excluding hydrogens is 571 g/mol. The van der Waals surface area contributed by atoms with Crippen molar-refractivity contribution in [3.8, 4) is 0 Å². The van der Waals surface area contributed by atoms with Crippen LogP contribution >= 0.6 is 0 Å². The molecule has 1 saturated heterocycles. The third-order valence-corrected chi connectivity index (χ3v) is 7.72. The van der Waals surface area contributed by atoms with Gasteiger partial charge in [-0.05, 0) is 61.2 Å². The molecule has 1 fully saturated rings. The molecule has 3 aromatic carbocycles. The number of nitrogens with zero attached hydrogens (tertiary/aromatic N) is 3. The third kappa shape index (κ3) is 6.30. The van der Waals surface area contributed by atoms with Crippen molar-refractivity contribution in [3.63, 3.8) is 0 Å². The fourth-order valence-corrected chi connectivity index (χ4v) is 5.37. The normalized spacial score (nSPS) is 16.1. The Labute approximate surface area is 251 Å². The minimum absolute atomic E-state index is 0.0699. The van der Waals surface area contributed by atoms with Crippen molar-refractivity contribution in [2.75, 3.05) is 53.6 Å². The number of imidazole rings is 1. The van der Waals surface area contributed by atoms with Crippen molar-refractivity contribution in [2.45, 2.75) is 13.1 Å². The molecule has 3 heterocycles. The summed E-state index contributed by atoms with van der Waals surface area (Å²) in [5.74, 6) is -0.865. The first-order valence-corrected chi connectivity index (χ1v) is 14.2. The summed E-state index contributed by atoms with van der Waals surface area (Å²) in [6.07, 6.45) is 0.301. The summed E-state index contributed by atoms with van der Waals surface area (Å²) in [5.41, 5.74) is 3.81. The predicted molar refractivity (Wildman–Crippen MR) is 165 cm³/mol. The number of nitrogens with one attached hydrogen (secondary N) is 4. The number of fused-ring (bicyclic) bond motifs is 1.